The van der Waals surface area contributed by atoms with Gasteiger partial charge in [-0.2, -0.15) is 0 Å². The van der Waals surface area contributed by atoms with Crippen LogP contribution in [0.1, 0.15) is 5.56 Å². The lowest BCUT2D eigenvalue weighted by molar-refractivity contribution is -0.122. The van der Waals surface area contributed by atoms with Gasteiger partial charge in [-0.1, -0.05) is 24.3 Å². The molecule has 0 aliphatic carbocycles. The summed E-state index contributed by atoms with van der Waals surface area (Å²) >= 11 is 3.17. The van der Waals surface area contributed by atoms with Crippen LogP contribution in [-0.4, -0.2) is 22.6 Å². The maximum absolute atomic E-state index is 12.0. The molecule has 3 nitrogen and oxygen atoms in total. The number of carbonyl (C=O) groups is 2. The Labute approximate surface area is 123 Å². The molecule has 0 radical (unpaired) electrons. The zero-order valence-electron chi connectivity index (χ0n) is 9.43. The zero-order valence-corrected chi connectivity index (χ0v) is 12.4. The summed E-state index contributed by atoms with van der Waals surface area (Å²) in [5, 5.41) is -0.239. The van der Waals surface area contributed by atoms with Gasteiger partial charge in [0.25, 0.3) is 11.1 Å². The van der Waals surface area contributed by atoms with Crippen LogP contribution in [0.5, 0.6) is 0 Å². The molecule has 2 rings (SSSR count). The number of rotatable bonds is 3. The minimum Gasteiger partial charge on any atom is -0.268 e. The minimum absolute atomic E-state index is 0.239. The summed E-state index contributed by atoms with van der Waals surface area (Å²) in [5.41, 5.74) is 0.946. The maximum atomic E-state index is 12.0. The zero-order chi connectivity index (χ0) is 13.1. The number of imide groups is 1. The fraction of sp³-hybridized carbons (Fsp3) is 0.0769. The summed E-state index contributed by atoms with van der Waals surface area (Å²) in [5.74, 6) is -0.246. The predicted molar refractivity (Wildman–Crippen MR) is 82.0 cm³/mol. The molecular formula is C13H10INO2S. The number of hydrogen-bond acceptors (Lipinski definition) is 3. The number of carbonyl (C=O) groups excluding carboxylic acids is 2. The van der Waals surface area contributed by atoms with Crippen molar-refractivity contribution in [3.05, 3.63) is 51.0 Å². The van der Waals surface area contributed by atoms with Gasteiger partial charge in [0, 0.05) is 10.1 Å². The lowest BCUT2D eigenvalue weighted by atomic mass is 10.2. The Balaban J connectivity index is 2.31. The van der Waals surface area contributed by atoms with Crippen LogP contribution in [-0.2, 0) is 4.79 Å². The summed E-state index contributed by atoms with van der Waals surface area (Å²) in [7, 11) is 0. The maximum Gasteiger partial charge on any atom is 0.293 e. The summed E-state index contributed by atoms with van der Waals surface area (Å²) in [4.78, 5) is 25.3. The Kier molecular flexibility index (Phi) is 4.23. The van der Waals surface area contributed by atoms with Gasteiger partial charge in [-0.25, -0.2) is 0 Å². The van der Waals surface area contributed by atoms with Crippen LogP contribution in [0.25, 0.3) is 6.08 Å². The van der Waals surface area contributed by atoms with Crippen molar-refractivity contribution in [3.63, 3.8) is 0 Å². The number of halogens is 1. The van der Waals surface area contributed by atoms with Crippen LogP contribution in [0, 0.1) is 3.57 Å². The second kappa shape index (κ2) is 5.71. The number of amides is 2. The highest BCUT2D eigenvalue weighted by Gasteiger charge is 2.34. The van der Waals surface area contributed by atoms with E-state index >= 15 is 0 Å². The fourth-order valence-corrected chi connectivity index (χ4v) is 2.90. The Morgan fingerprint density at radius 2 is 2.06 bits per heavy atom. The summed E-state index contributed by atoms with van der Waals surface area (Å²) in [6.07, 6.45) is 3.31. The number of benzene rings is 1. The third kappa shape index (κ3) is 2.67. The minimum atomic E-state index is -0.246. The second-order valence-corrected chi connectivity index (χ2v) is 5.76. The monoisotopic (exact) mass is 371 g/mol. The Morgan fingerprint density at radius 3 is 2.72 bits per heavy atom. The first kappa shape index (κ1) is 13.4. The van der Waals surface area contributed by atoms with Crippen LogP contribution >= 0.6 is 34.4 Å². The molecule has 0 atom stereocenters. The van der Waals surface area contributed by atoms with Crippen molar-refractivity contribution in [2.75, 3.05) is 6.54 Å². The topological polar surface area (TPSA) is 37.4 Å². The Morgan fingerprint density at radius 1 is 1.33 bits per heavy atom. The van der Waals surface area contributed by atoms with Gasteiger partial charge in [-0.15, -0.1) is 6.58 Å². The molecule has 0 unspecified atom stereocenters. The van der Waals surface area contributed by atoms with Crippen molar-refractivity contribution in [1.29, 1.82) is 0 Å². The molecule has 0 bridgehead atoms. The predicted octanol–water partition coefficient (Wildman–Crippen LogP) is 3.51. The first-order valence-corrected chi connectivity index (χ1v) is 7.14. The molecule has 1 aliphatic rings. The number of hydrogen-bond donors (Lipinski definition) is 0. The van der Waals surface area contributed by atoms with Crippen molar-refractivity contribution in [2.24, 2.45) is 0 Å². The molecule has 0 saturated carbocycles. The first-order valence-electron chi connectivity index (χ1n) is 5.24. The number of thioether (sulfide) groups is 1. The quantitative estimate of drug-likeness (QED) is 0.464. The van der Waals surface area contributed by atoms with E-state index in [-0.39, 0.29) is 17.7 Å². The summed E-state index contributed by atoms with van der Waals surface area (Å²) < 4.78 is 1.05. The highest BCUT2D eigenvalue weighted by Crippen LogP contribution is 2.32. The molecule has 18 heavy (non-hydrogen) atoms. The van der Waals surface area contributed by atoms with Crippen molar-refractivity contribution in [3.8, 4) is 0 Å². The van der Waals surface area contributed by atoms with Crippen molar-refractivity contribution < 1.29 is 9.59 Å². The van der Waals surface area contributed by atoms with Gasteiger partial charge in [0.1, 0.15) is 0 Å². The van der Waals surface area contributed by atoms with Gasteiger partial charge in [-0.05, 0) is 52.1 Å². The molecular weight excluding hydrogens is 361 g/mol. The third-order valence-electron chi connectivity index (χ3n) is 2.38. The molecule has 1 aliphatic heterocycles. The van der Waals surface area contributed by atoms with E-state index in [9.17, 15) is 9.59 Å². The standard InChI is InChI=1S/C13H10INO2S/c1-2-7-15-12(16)11(18-13(15)17)8-9-5-3-4-6-10(9)14/h2-6,8H,1,7H2/b11-8-. The molecule has 2 amide bonds. The van der Waals surface area contributed by atoms with E-state index in [0.29, 0.717) is 4.91 Å². The van der Waals surface area contributed by atoms with Crippen LogP contribution in [0.4, 0.5) is 4.79 Å². The van der Waals surface area contributed by atoms with Crippen LogP contribution in [0.2, 0.25) is 0 Å². The molecule has 0 N–H and O–H groups in total. The average molecular weight is 371 g/mol. The van der Waals surface area contributed by atoms with Crippen molar-refractivity contribution in [2.45, 2.75) is 0 Å². The van der Waals surface area contributed by atoms with Crippen molar-refractivity contribution >= 4 is 51.6 Å². The summed E-state index contributed by atoms with van der Waals surface area (Å²) in [6.45, 7) is 3.80. The normalized spacial score (nSPS) is 17.6. The first-order chi connectivity index (χ1) is 8.63. The molecule has 1 aromatic carbocycles. The van der Waals surface area contributed by atoms with Crippen LogP contribution in [0.3, 0.4) is 0 Å². The van der Waals surface area contributed by atoms with Crippen LogP contribution < -0.4 is 0 Å². The second-order valence-electron chi connectivity index (χ2n) is 3.60. The lowest BCUT2D eigenvalue weighted by Crippen LogP contribution is -2.27. The van der Waals surface area contributed by atoms with E-state index in [1.807, 2.05) is 24.3 Å². The Bertz CT molecular complexity index is 554. The number of nitrogens with zero attached hydrogens (tertiary/aromatic N) is 1. The molecule has 5 heteroatoms. The van der Waals surface area contributed by atoms with Crippen molar-refractivity contribution in [1.82, 2.24) is 4.90 Å². The lowest BCUT2D eigenvalue weighted by Gasteiger charge is -2.07. The van der Waals surface area contributed by atoms with Gasteiger partial charge in [0.05, 0.1) is 4.91 Å². The van der Waals surface area contributed by atoms with Gasteiger partial charge in [-0.3, -0.25) is 14.5 Å². The molecule has 1 fully saturated rings. The van der Waals surface area contributed by atoms with Gasteiger partial charge >= 0.3 is 0 Å². The third-order valence-corrected chi connectivity index (χ3v) is 4.27. The van der Waals surface area contributed by atoms with E-state index in [1.54, 1.807) is 12.2 Å². The summed E-state index contributed by atoms with van der Waals surface area (Å²) in [6, 6.07) is 7.72. The Hall–Kier alpha value is -1.08. The molecule has 92 valence electrons. The largest absolute Gasteiger partial charge is 0.293 e. The average Bonchev–Trinajstić information content (AvgIpc) is 2.60. The molecule has 1 saturated heterocycles. The van der Waals surface area contributed by atoms with E-state index in [2.05, 4.69) is 29.2 Å². The smallest absolute Gasteiger partial charge is 0.268 e. The highest BCUT2D eigenvalue weighted by molar-refractivity contribution is 14.1. The highest BCUT2D eigenvalue weighted by atomic mass is 127. The van der Waals surface area contributed by atoms with Gasteiger partial charge in [0.15, 0.2) is 0 Å². The van der Waals surface area contributed by atoms with Gasteiger partial charge in [0.2, 0.25) is 0 Å². The van der Waals surface area contributed by atoms with E-state index in [0.717, 1.165) is 20.9 Å². The molecule has 0 spiro atoms. The molecule has 1 heterocycles. The van der Waals surface area contributed by atoms with E-state index < -0.39 is 0 Å². The van der Waals surface area contributed by atoms with Crippen LogP contribution in [0.15, 0.2) is 41.8 Å². The molecule has 0 aromatic heterocycles. The van der Waals surface area contributed by atoms with E-state index in [4.69, 9.17) is 0 Å². The molecule has 1 aromatic rings. The van der Waals surface area contributed by atoms with Gasteiger partial charge < -0.3 is 0 Å². The van der Waals surface area contributed by atoms with E-state index in [1.165, 1.54) is 4.90 Å². The SMILES string of the molecule is C=CCN1C(=O)S/C(=C\c2ccccc2I)C1=O. The fourth-order valence-electron chi connectivity index (χ4n) is 1.52.